The molecule has 5 rings (SSSR count). The normalized spacial score (nSPS) is 14.0. The Balaban J connectivity index is 1.45. The predicted molar refractivity (Wildman–Crippen MR) is 157 cm³/mol. The van der Waals surface area contributed by atoms with Crippen LogP contribution in [0.4, 0.5) is 27.4 Å². The van der Waals surface area contributed by atoms with E-state index in [4.69, 9.17) is 4.74 Å². The number of hydrogen-bond donors (Lipinski definition) is 2. The van der Waals surface area contributed by atoms with Crippen LogP contribution in [0.2, 0.25) is 0 Å². The predicted octanol–water partition coefficient (Wildman–Crippen LogP) is 5.21. The molecule has 1 aliphatic rings. The van der Waals surface area contributed by atoms with Crippen molar-refractivity contribution in [2.45, 2.75) is 12.8 Å². The first-order chi connectivity index (χ1) is 19.3. The molecule has 1 amide bonds. The molecular formula is C30H34FN7O2. The highest BCUT2D eigenvalue weighted by molar-refractivity contribution is 6.02. The summed E-state index contributed by atoms with van der Waals surface area (Å²) in [4.78, 5) is 26.0. The number of nitrogens with zero attached hydrogens (tertiary/aromatic N) is 5. The number of carbonyl (C=O) groups is 1. The number of rotatable bonds is 9. The molecule has 3 heterocycles. The van der Waals surface area contributed by atoms with Crippen LogP contribution in [0.5, 0.6) is 5.75 Å². The Bertz CT molecular complexity index is 1530. The van der Waals surface area contributed by atoms with Gasteiger partial charge in [-0.3, -0.25) is 4.79 Å². The molecule has 1 saturated heterocycles. The highest BCUT2D eigenvalue weighted by Crippen LogP contribution is 2.39. The molecule has 0 bridgehead atoms. The van der Waals surface area contributed by atoms with Crippen molar-refractivity contribution in [3.05, 3.63) is 73.3 Å². The number of anilines is 4. The zero-order valence-electron chi connectivity index (χ0n) is 23.0. The topological polar surface area (TPSA) is 87.5 Å². The summed E-state index contributed by atoms with van der Waals surface area (Å²) in [5.41, 5.74) is 2.97. The largest absolute Gasteiger partial charge is 0.494 e. The van der Waals surface area contributed by atoms with Gasteiger partial charge in [0.1, 0.15) is 17.4 Å². The number of carbonyl (C=O) groups excluding carboxylic acids is 1. The molecular weight excluding hydrogens is 509 g/mol. The molecule has 0 spiro atoms. The second kappa shape index (κ2) is 11.7. The number of amides is 1. The number of ether oxygens (including phenoxy) is 1. The van der Waals surface area contributed by atoms with Crippen LogP contribution >= 0.6 is 0 Å². The summed E-state index contributed by atoms with van der Waals surface area (Å²) < 4.78 is 21.3. The van der Waals surface area contributed by atoms with Gasteiger partial charge >= 0.3 is 0 Å². The molecule has 4 aromatic rings. The molecule has 0 unspecified atom stereocenters. The van der Waals surface area contributed by atoms with Gasteiger partial charge in [0.05, 0.1) is 29.7 Å². The summed E-state index contributed by atoms with van der Waals surface area (Å²) in [5.74, 6) is 1.62. The lowest BCUT2D eigenvalue weighted by molar-refractivity contribution is -0.111. The maximum atomic E-state index is 13.7. The molecule has 1 aliphatic heterocycles. The number of fused-ring (bicyclic) bond motifs is 1. The van der Waals surface area contributed by atoms with Crippen molar-refractivity contribution in [1.82, 2.24) is 19.4 Å². The average Bonchev–Trinajstić information content (AvgIpc) is 3.36. The third-order valence-corrected chi connectivity index (χ3v) is 7.13. The number of nitrogens with one attached hydrogen (secondary N) is 2. The highest BCUT2D eigenvalue weighted by Gasteiger charge is 2.24. The smallest absolute Gasteiger partial charge is 0.247 e. The van der Waals surface area contributed by atoms with Crippen molar-refractivity contribution in [3.63, 3.8) is 0 Å². The van der Waals surface area contributed by atoms with E-state index < -0.39 is 0 Å². The van der Waals surface area contributed by atoms with E-state index in [9.17, 15) is 9.18 Å². The SMILES string of the molecule is C=CC(=O)Nc1cc(Nc2nccc(-n3ccc4cc(F)ccc43)n2)c(OC)cc1N1CCC(CN(C)C)CC1. The summed E-state index contributed by atoms with van der Waals surface area (Å²) in [5, 5.41) is 6.99. The molecule has 0 radical (unpaired) electrons. The van der Waals surface area contributed by atoms with Gasteiger partial charge in [0.15, 0.2) is 0 Å². The maximum absolute atomic E-state index is 13.7. The van der Waals surface area contributed by atoms with E-state index in [1.165, 1.54) is 18.2 Å². The fourth-order valence-electron chi connectivity index (χ4n) is 5.23. The van der Waals surface area contributed by atoms with Gasteiger partial charge in [-0.25, -0.2) is 9.37 Å². The molecule has 40 heavy (non-hydrogen) atoms. The van der Waals surface area contributed by atoms with Gasteiger partial charge in [0, 0.05) is 43.5 Å². The van der Waals surface area contributed by atoms with Crippen LogP contribution in [0.3, 0.4) is 0 Å². The van der Waals surface area contributed by atoms with E-state index in [1.807, 2.05) is 29.0 Å². The fourth-order valence-corrected chi connectivity index (χ4v) is 5.23. The molecule has 208 valence electrons. The summed E-state index contributed by atoms with van der Waals surface area (Å²) in [6, 6.07) is 12.0. The molecule has 0 atom stereocenters. The van der Waals surface area contributed by atoms with Crippen LogP contribution < -0.4 is 20.3 Å². The lowest BCUT2D eigenvalue weighted by Gasteiger charge is -2.36. The number of benzene rings is 2. The molecule has 2 N–H and O–H groups in total. The Morgan fingerprint density at radius 2 is 1.98 bits per heavy atom. The minimum atomic E-state index is -0.297. The molecule has 2 aromatic heterocycles. The van der Waals surface area contributed by atoms with Gasteiger partial charge in [-0.15, -0.1) is 0 Å². The van der Waals surface area contributed by atoms with Gasteiger partial charge in [0.2, 0.25) is 11.9 Å². The Kier molecular flexibility index (Phi) is 7.97. The van der Waals surface area contributed by atoms with Gasteiger partial charge in [-0.2, -0.15) is 4.98 Å². The third kappa shape index (κ3) is 5.91. The Morgan fingerprint density at radius 1 is 1.18 bits per heavy atom. The Hall–Kier alpha value is -4.44. The monoisotopic (exact) mass is 543 g/mol. The second-order valence-electron chi connectivity index (χ2n) is 10.2. The minimum absolute atomic E-state index is 0.289. The number of methoxy groups -OCH3 is 1. The average molecular weight is 544 g/mol. The number of halogens is 1. The van der Waals surface area contributed by atoms with Gasteiger partial charge < -0.3 is 29.7 Å². The van der Waals surface area contributed by atoms with Crippen LogP contribution in [0.25, 0.3) is 16.7 Å². The van der Waals surface area contributed by atoms with Crippen LogP contribution in [0.1, 0.15) is 12.8 Å². The van der Waals surface area contributed by atoms with E-state index in [1.54, 1.807) is 25.4 Å². The fraction of sp³-hybridized carbons (Fsp3) is 0.300. The van der Waals surface area contributed by atoms with Crippen molar-refractivity contribution in [3.8, 4) is 11.6 Å². The van der Waals surface area contributed by atoms with Crippen molar-refractivity contribution in [2.24, 2.45) is 5.92 Å². The lowest BCUT2D eigenvalue weighted by atomic mass is 9.95. The summed E-state index contributed by atoms with van der Waals surface area (Å²) in [6.07, 6.45) is 6.88. The molecule has 2 aromatic carbocycles. The van der Waals surface area contributed by atoms with Crippen LogP contribution in [0.15, 0.2) is 67.5 Å². The maximum Gasteiger partial charge on any atom is 0.247 e. The van der Waals surface area contributed by atoms with Gasteiger partial charge in [-0.05, 0) is 75.3 Å². The minimum Gasteiger partial charge on any atom is -0.494 e. The van der Waals surface area contributed by atoms with Crippen molar-refractivity contribution >= 4 is 39.8 Å². The summed E-state index contributed by atoms with van der Waals surface area (Å²) >= 11 is 0. The first kappa shape index (κ1) is 27.1. The van der Waals surface area contributed by atoms with Crippen LogP contribution in [-0.2, 0) is 4.79 Å². The van der Waals surface area contributed by atoms with E-state index in [-0.39, 0.29) is 11.7 Å². The Morgan fingerprint density at radius 3 is 2.70 bits per heavy atom. The van der Waals surface area contributed by atoms with E-state index in [0.29, 0.717) is 34.8 Å². The lowest BCUT2D eigenvalue weighted by Crippen LogP contribution is -2.37. The van der Waals surface area contributed by atoms with Crippen LogP contribution in [0, 0.1) is 11.7 Å². The van der Waals surface area contributed by atoms with E-state index in [0.717, 1.165) is 49.1 Å². The molecule has 10 heteroatoms. The molecule has 9 nitrogen and oxygen atoms in total. The zero-order valence-corrected chi connectivity index (χ0v) is 23.0. The molecule has 0 saturated carbocycles. The first-order valence-electron chi connectivity index (χ1n) is 13.3. The number of aromatic nitrogens is 3. The number of hydrogen-bond acceptors (Lipinski definition) is 7. The van der Waals surface area contributed by atoms with Crippen LogP contribution in [-0.4, -0.2) is 66.2 Å². The van der Waals surface area contributed by atoms with Crippen molar-refractivity contribution in [2.75, 3.05) is 56.4 Å². The summed E-state index contributed by atoms with van der Waals surface area (Å²) in [7, 11) is 5.82. The quantitative estimate of drug-likeness (QED) is 0.280. The number of piperidine rings is 1. The van der Waals surface area contributed by atoms with Crippen molar-refractivity contribution in [1.29, 1.82) is 0 Å². The van der Waals surface area contributed by atoms with E-state index >= 15 is 0 Å². The standard InChI is InChI=1S/C30H34FN7O2/c1-5-29(39)33-23-17-24(27(40-4)18-26(23)37-13-9-20(10-14-37)19-36(2)3)34-30-32-12-8-28(35-30)38-15-11-21-16-22(31)6-7-25(21)38/h5-8,11-12,15-18,20H,1,9-10,13-14,19H2,2-4H3,(H,33,39)(H,32,34,35). The molecule has 0 aliphatic carbocycles. The van der Waals surface area contributed by atoms with E-state index in [2.05, 4.69) is 51.1 Å². The third-order valence-electron chi connectivity index (χ3n) is 7.13. The summed E-state index contributed by atoms with van der Waals surface area (Å²) in [6.45, 7) is 6.43. The molecule has 1 fully saturated rings. The zero-order chi connectivity index (χ0) is 28.2. The highest BCUT2D eigenvalue weighted by atomic mass is 19.1. The first-order valence-corrected chi connectivity index (χ1v) is 13.3. The second-order valence-corrected chi connectivity index (χ2v) is 10.2. The Labute approximate surface area is 233 Å². The van der Waals surface area contributed by atoms with Gasteiger partial charge in [0.25, 0.3) is 0 Å². The van der Waals surface area contributed by atoms with Gasteiger partial charge in [-0.1, -0.05) is 6.58 Å². The van der Waals surface area contributed by atoms with Crippen molar-refractivity contribution < 1.29 is 13.9 Å².